The summed E-state index contributed by atoms with van der Waals surface area (Å²) in [5, 5.41) is -1.16. The molecule has 2 heterocycles. The number of sulfonamides is 1. The molecule has 168 valence electrons. The van der Waals surface area contributed by atoms with Crippen molar-refractivity contribution >= 4 is 19.9 Å². The molecule has 1 N–H and O–H groups in total. The molecule has 0 unspecified atom stereocenters. The van der Waals surface area contributed by atoms with E-state index in [1.54, 1.807) is 24.3 Å². The standard InChI is InChI=1S/C22H22N2O6S2/c1-16-4-6-18(7-5-16)31(25,26)22(17-3-2-10-23-14-17)15-24-32(27,28)19-8-9-20-21(13-19)30-12-11-29-20/h2-10,13-14,22,24H,11-12,15H2,1H3/t22-/m0/s1. The normalized spacial score (nSPS) is 14.7. The van der Waals surface area contributed by atoms with Gasteiger partial charge in [-0.25, -0.2) is 21.6 Å². The number of ether oxygens (including phenoxy) is 2. The van der Waals surface area contributed by atoms with Crippen LogP contribution in [0.1, 0.15) is 16.4 Å². The Hall–Kier alpha value is -2.95. The predicted molar refractivity (Wildman–Crippen MR) is 118 cm³/mol. The van der Waals surface area contributed by atoms with Crippen LogP contribution in [-0.4, -0.2) is 41.6 Å². The molecular formula is C22H22N2O6S2. The maximum Gasteiger partial charge on any atom is 0.240 e. The van der Waals surface area contributed by atoms with Crippen LogP contribution in [0.4, 0.5) is 0 Å². The highest BCUT2D eigenvalue weighted by Crippen LogP contribution is 2.33. The summed E-state index contributed by atoms with van der Waals surface area (Å²) < 4.78 is 66.0. The van der Waals surface area contributed by atoms with Crippen LogP contribution in [0.3, 0.4) is 0 Å². The van der Waals surface area contributed by atoms with E-state index in [0.29, 0.717) is 30.3 Å². The first kappa shape index (κ1) is 22.3. The lowest BCUT2D eigenvalue weighted by molar-refractivity contribution is 0.171. The number of benzene rings is 2. The van der Waals surface area contributed by atoms with Crippen LogP contribution in [-0.2, 0) is 19.9 Å². The molecule has 0 bridgehead atoms. The molecule has 2 aromatic carbocycles. The summed E-state index contributed by atoms with van der Waals surface area (Å²) in [5.74, 6) is 0.792. The molecular weight excluding hydrogens is 452 g/mol. The first-order valence-electron chi connectivity index (χ1n) is 9.87. The molecule has 1 aliphatic rings. The van der Waals surface area contributed by atoms with E-state index in [9.17, 15) is 16.8 Å². The fraction of sp³-hybridized carbons (Fsp3) is 0.227. The van der Waals surface area contributed by atoms with Crippen LogP contribution >= 0.6 is 0 Å². The number of rotatable bonds is 7. The Bertz CT molecular complexity index is 1310. The summed E-state index contributed by atoms with van der Waals surface area (Å²) in [4.78, 5) is 4.07. The van der Waals surface area contributed by atoms with Crippen LogP contribution in [0.25, 0.3) is 0 Å². The lowest BCUT2D eigenvalue weighted by Gasteiger charge is -2.20. The Kier molecular flexibility index (Phi) is 6.18. The molecule has 1 aliphatic heterocycles. The van der Waals surface area contributed by atoms with E-state index in [4.69, 9.17) is 9.47 Å². The number of hydrogen-bond acceptors (Lipinski definition) is 7. The number of hydrogen-bond donors (Lipinski definition) is 1. The van der Waals surface area contributed by atoms with Crippen molar-refractivity contribution in [2.24, 2.45) is 0 Å². The highest BCUT2D eigenvalue weighted by atomic mass is 32.2. The number of fused-ring (bicyclic) bond motifs is 1. The molecule has 0 amide bonds. The van der Waals surface area contributed by atoms with E-state index < -0.39 is 25.1 Å². The van der Waals surface area contributed by atoms with Crippen molar-refractivity contribution in [3.63, 3.8) is 0 Å². The van der Waals surface area contributed by atoms with Gasteiger partial charge >= 0.3 is 0 Å². The van der Waals surface area contributed by atoms with E-state index >= 15 is 0 Å². The number of aryl methyl sites for hydroxylation is 1. The van der Waals surface area contributed by atoms with Crippen molar-refractivity contribution in [2.45, 2.75) is 22.0 Å². The molecule has 1 atom stereocenters. The zero-order chi connectivity index (χ0) is 22.8. The molecule has 8 nitrogen and oxygen atoms in total. The van der Waals surface area contributed by atoms with Gasteiger partial charge in [0.1, 0.15) is 18.5 Å². The molecule has 10 heteroatoms. The fourth-order valence-corrected chi connectivity index (χ4v) is 6.14. The molecule has 0 aliphatic carbocycles. The maximum absolute atomic E-state index is 13.4. The minimum atomic E-state index is -4.02. The quantitative estimate of drug-likeness (QED) is 0.560. The fourth-order valence-electron chi connectivity index (χ4n) is 3.32. The number of nitrogens with one attached hydrogen (secondary N) is 1. The molecule has 32 heavy (non-hydrogen) atoms. The van der Waals surface area contributed by atoms with E-state index in [0.717, 1.165) is 5.56 Å². The Morgan fingerprint density at radius 2 is 1.62 bits per heavy atom. The average Bonchev–Trinajstić information content (AvgIpc) is 2.79. The molecule has 0 fully saturated rings. The number of nitrogens with zero attached hydrogens (tertiary/aromatic N) is 1. The van der Waals surface area contributed by atoms with Crippen LogP contribution in [0.2, 0.25) is 0 Å². The maximum atomic E-state index is 13.4. The molecule has 4 rings (SSSR count). The van der Waals surface area contributed by atoms with Crippen LogP contribution < -0.4 is 14.2 Å². The van der Waals surface area contributed by atoms with Gasteiger partial charge in [-0.05, 0) is 42.8 Å². The lowest BCUT2D eigenvalue weighted by atomic mass is 10.2. The Balaban J connectivity index is 1.64. The van der Waals surface area contributed by atoms with E-state index in [-0.39, 0.29) is 16.3 Å². The zero-order valence-corrected chi connectivity index (χ0v) is 18.9. The summed E-state index contributed by atoms with van der Waals surface area (Å²) in [6.07, 6.45) is 2.95. The van der Waals surface area contributed by atoms with Gasteiger partial charge in [-0.1, -0.05) is 23.8 Å². The van der Waals surface area contributed by atoms with Gasteiger partial charge in [0.25, 0.3) is 0 Å². The van der Waals surface area contributed by atoms with Gasteiger partial charge in [-0.3, -0.25) is 4.98 Å². The van der Waals surface area contributed by atoms with Crippen molar-refractivity contribution < 1.29 is 26.3 Å². The van der Waals surface area contributed by atoms with Crippen molar-refractivity contribution in [3.05, 3.63) is 78.1 Å². The summed E-state index contributed by atoms with van der Waals surface area (Å²) in [6.45, 7) is 2.21. The minimum absolute atomic E-state index is 0.0422. The third-order valence-electron chi connectivity index (χ3n) is 5.06. The second-order valence-electron chi connectivity index (χ2n) is 7.29. The van der Waals surface area contributed by atoms with Gasteiger partial charge in [0.15, 0.2) is 21.3 Å². The van der Waals surface area contributed by atoms with Gasteiger partial charge in [-0.15, -0.1) is 0 Å². The Labute approximate surface area is 187 Å². The number of pyridine rings is 1. The molecule has 0 radical (unpaired) electrons. The summed E-state index contributed by atoms with van der Waals surface area (Å²) >= 11 is 0. The van der Waals surface area contributed by atoms with E-state index in [1.165, 1.54) is 42.7 Å². The topological polar surface area (TPSA) is 112 Å². The van der Waals surface area contributed by atoms with Gasteiger partial charge in [-0.2, -0.15) is 0 Å². The Morgan fingerprint density at radius 1 is 0.938 bits per heavy atom. The second kappa shape index (κ2) is 8.89. The molecule has 3 aromatic rings. The largest absolute Gasteiger partial charge is 0.486 e. The highest BCUT2D eigenvalue weighted by Gasteiger charge is 2.31. The molecule has 0 spiro atoms. The third kappa shape index (κ3) is 4.62. The Morgan fingerprint density at radius 3 is 2.31 bits per heavy atom. The van der Waals surface area contributed by atoms with Crippen molar-refractivity contribution in [2.75, 3.05) is 19.8 Å². The summed E-state index contributed by atoms with van der Waals surface area (Å²) in [6, 6.07) is 13.9. The van der Waals surface area contributed by atoms with Gasteiger partial charge in [0.2, 0.25) is 10.0 Å². The molecule has 1 aromatic heterocycles. The van der Waals surface area contributed by atoms with E-state index in [2.05, 4.69) is 9.71 Å². The van der Waals surface area contributed by atoms with E-state index in [1.807, 2.05) is 6.92 Å². The smallest absolute Gasteiger partial charge is 0.240 e. The SMILES string of the molecule is Cc1ccc(S(=O)(=O)[C@@H](CNS(=O)(=O)c2ccc3c(c2)OCCO3)c2cccnc2)cc1. The van der Waals surface area contributed by atoms with Gasteiger partial charge in [0, 0.05) is 25.0 Å². The summed E-state index contributed by atoms with van der Waals surface area (Å²) in [5.41, 5.74) is 1.30. The third-order valence-corrected chi connectivity index (χ3v) is 8.60. The number of sulfone groups is 1. The van der Waals surface area contributed by atoms with Crippen LogP contribution in [0.5, 0.6) is 11.5 Å². The minimum Gasteiger partial charge on any atom is -0.486 e. The van der Waals surface area contributed by atoms with Gasteiger partial charge in [0.05, 0.1) is 9.79 Å². The average molecular weight is 475 g/mol. The monoisotopic (exact) mass is 474 g/mol. The lowest BCUT2D eigenvalue weighted by Crippen LogP contribution is -2.32. The predicted octanol–water partition coefficient (Wildman–Crippen LogP) is 2.65. The van der Waals surface area contributed by atoms with Gasteiger partial charge < -0.3 is 9.47 Å². The van der Waals surface area contributed by atoms with Crippen molar-refractivity contribution in [3.8, 4) is 11.5 Å². The van der Waals surface area contributed by atoms with Crippen molar-refractivity contribution in [1.82, 2.24) is 9.71 Å². The van der Waals surface area contributed by atoms with Crippen LogP contribution in [0.15, 0.2) is 76.8 Å². The number of aromatic nitrogens is 1. The second-order valence-corrected chi connectivity index (χ2v) is 11.2. The van der Waals surface area contributed by atoms with Crippen LogP contribution in [0, 0.1) is 6.92 Å². The first-order valence-corrected chi connectivity index (χ1v) is 12.9. The first-order chi connectivity index (χ1) is 15.3. The van der Waals surface area contributed by atoms with Crippen molar-refractivity contribution in [1.29, 1.82) is 0 Å². The zero-order valence-electron chi connectivity index (χ0n) is 17.3. The molecule has 0 saturated carbocycles. The highest BCUT2D eigenvalue weighted by molar-refractivity contribution is 7.92. The summed E-state index contributed by atoms with van der Waals surface area (Å²) in [7, 11) is -7.92. The molecule has 0 saturated heterocycles.